The van der Waals surface area contributed by atoms with Crippen molar-refractivity contribution < 1.29 is 13.9 Å². The van der Waals surface area contributed by atoms with Gasteiger partial charge in [-0.3, -0.25) is 0 Å². The molecule has 2 N–H and O–H groups in total. The van der Waals surface area contributed by atoms with Crippen molar-refractivity contribution in [2.75, 3.05) is 12.8 Å². The van der Waals surface area contributed by atoms with Crippen molar-refractivity contribution in [2.45, 2.75) is 0 Å². The standard InChI is InChI=1S/C11H10FN3O2/c1-17-11(16)9-4-5-15(14-9)10-3-2-7(13)6-8(10)12/h2-6H,13H2,1H3. The first kappa shape index (κ1) is 11.1. The number of anilines is 1. The molecule has 0 bridgehead atoms. The normalized spacial score (nSPS) is 10.2. The maximum atomic E-state index is 13.6. The molecule has 2 rings (SSSR count). The average molecular weight is 235 g/mol. The van der Waals surface area contributed by atoms with Crippen LogP contribution in [0.5, 0.6) is 0 Å². The third-order valence-corrected chi connectivity index (χ3v) is 2.20. The van der Waals surface area contributed by atoms with Crippen LogP contribution in [0, 0.1) is 5.82 Å². The molecule has 2 aromatic rings. The van der Waals surface area contributed by atoms with Crippen molar-refractivity contribution in [3.63, 3.8) is 0 Å². The molecule has 0 fully saturated rings. The van der Waals surface area contributed by atoms with E-state index in [0.717, 1.165) is 0 Å². The number of carbonyl (C=O) groups is 1. The number of aromatic nitrogens is 2. The molecule has 0 spiro atoms. The van der Waals surface area contributed by atoms with Gasteiger partial charge < -0.3 is 10.5 Å². The van der Waals surface area contributed by atoms with Gasteiger partial charge in [-0.2, -0.15) is 5.10 Å². The van der Waals surface area contributed by atoms with Crippen molar-refractivity contribution in [2.24, 2.45) is 0 Å². The van der Waals surface area contributed by atoms with Crippen molar-refractivity contribution in [1.82, 2.24) is 9.78 Å². The Morgan fingerprint density at radius 2 is 2.24 bits per heavy atom. The van der Waals surface area contributed by atoms with Crippen LogP contribution in [0.25, 0.3) is 5.69 Å². The van der Waals surface area contributed by atoms with E-state index in [1.165, 1.54) is 36.2 Å². The van der Waals surface area contributed by atoms with Gasteiger partial charge in [0.2, 0.25) is 0 Å². The number of rotatable bonds is 2. The van der Waals surface area contributed by atoms with Gasteiger partial charge >= 0.3 is 5.97 Å². The summed E-state index contributed by atoms with van der Waals surface area (Å²) in [5, 5.41) is 3.90. The molecule has 1 aromatic carbocycles. The number of nitrogens with zero attached hydrogens (tertiary/aromatic N) is 2. The Labute approximate surface area is 96.6 Å². The second-order valence-corrected chi connectivity index (χ2v) is 3.35. The van der Waals surface area contributed by atoms with E-state index in [0.29, 0.717) is 5.69 Å². The lowest BCUT2D eigenvalue weighted by Gasteiger charge is -2.03. The van der Waals surface area contributed by atoms with Gasteiger partial charge in [0.05, 0.1) is 7.11 Å². The highest BCUT2D eigenvalue weighted by Gasteiger charge is 2.11. The number of nitrogens with two attached hydrogens (primary N) is 1. The number of carbonyl (C=O) groups excluding carboxylic acids is 1. The second kappa shape index (κ2) is 4.25. The molecule has 0 amide bonds. The molecule has 6 heteroatoms. The summed E-state index contributed by atoms with van der Waals surface area (Å²) in [4.78, 5) is 11.2. The van der Waals surface area contributed by atoms with Gasteiger partial charge in [0.25, 0.3) is 0 Å². The van der Waals surface area contributed by atoms with Crippen LogP contribution in [-0.4, -0.2) is 22.9 Å². The molecule has 0 atom stereocenters. The van der Waals surface area contributed by atoms with Gasteiger partial charge in [0.1, 0.15) is 5.69 Å². The minimum atomic E-state index is -0.570. The fourth-order valence-corrected chi connectivity index (χ4v) is 1.38. The van der Waals surface area contributed by atoms with E-state index in [4.69, 9.17) is 5.73 Å². The van der Waals surface area contributed by atoms with Gasteiger partial charge in [0.15, 0.2) is 11.5 Å². The monoisotopic (exact) mass is 235 g/mol. The smallest absolute Gasteiger partial charge is 0.358 e. The van der Waals surface area contributed by atoms with Crippen LogP contribution in [0.3, 0.4) is 0 Å². The van der Waals surface area contributed by atoms with Crippen LogP contribution in [0.4, 0.5) is 10.1 Å². The molecule has 0 saturated carbocycles. The Morgan fingerprint density at radius 1 is 1.47 bits per heavy atom. The number of esters is 1. The highest BCUT2D eigenvalue weighted by atomic mass is 19.1. The van der Waals surface area contributed by atoms with Crippen molar-refractivity contribution in [3.05, 3.63) is 42.0 Å². The average Bonchev–Trinajstić information content (AvgIpc) is 2.77. The van der Waals surface area contributed by atoms with Crippen LogP contribution in [0.2, 0.25) is 0 Å². The van der Waals surface area contributed by atoms with E-state index < -0.39 is 11.8 Å². The highest BCUT2D eigenvalue weighted by Crippen LogP contribution is 2.16. The molecular weight excluding hydrogens is 225 g/mol. The van der Waals surface area contributed by atoms with E-state index in [2.05, 4.69) is 9.84 Å². The fraction of sp³-hybridized carbons (Fsp3) is 0.0909. The molecular formula is C11H10FN3O2. The van der Waals surface area contributed by atoms with E-state index >= 15 is 0 Å². The number of nitrogen functional groups attached to an aromatic ring is 1. The molecule has 0 aliphatic heterocycles. The lowest BCUT2D eigenvalue weighted by Crippen LogP contribution is -2.05. The molecule has 0 radical (unpaired) electrons. The molecule has 1 heterocycles. The number of ether oxygens (including phenoxy) is 1. The summed E-state index contributed by atoms with van der Waals surface area (Å²) < 4.78 is 19.3. The zero-order valence-corrected chi connectivity index (χ0v) is 9.05. The predicted molar refractivity (Wildman–Crippen MR) is 59.3 cm³/mol. The van der Waals surface area contributed by atoms with Gasteiger partial charge in [-0.05, 0) is 24.3 Å². The predicted octanol–water partition coefficient (Wildman–Crippen LogP) is 1.38. The van der Waals surface area contributed by atoms with Crippen LogP contribution < -0.4 is 5.73 Å². The molecule has 0 saturated heterocycles. The van der Waals surface area contributed by atoms with Gasteiger partial charge in [0, 0.05) is 11.9 Å². The minimum Gasteiger partial charge on any atom is -0.464 e. The molecule has 1 aromatic heterocycles. The third kappa shape index (κ3) is 2.10. The van der Waals surface area contributed by atoms with Gasteiger partial charge in [-0.1, -0.05) is 0 Å². The SMILES string of the molecule is COC(=O)c1ccn(-c2ccc(N)cc2F)n1. The number of hydrogen-bond acceptors (Lipinski definition) is 4. The quantitative estimate of drug-likeness (QED) is 0.630. The summed E-state index contributed by atoms with van der Waals surface area (Å²) >= 11 is 0. The number of hydrogen-bond donors (Lipinski definition) is 1. The van der Waals surface area contributed by atoms with Gasteiger partial charge in [-0.15, -0.1) is 0 Å². The lowest BCUT2D eigenvalue weighted by atomic mass is 10.3. The highest BCUT2D eigenvalue weighted by molar-refractivity contribution is 5.86. The summed E-state index contributed by atoms with van der Waals surface area (Å²) in [6.07, 6.45) is 1.47. The van der Waals surface area contributed by atoms with Gasteiger partial charge in [-0.25, -0.2) is 13.9 Å². The summed E-state index contributed by atoms with van der Waals surface area (Å²) in [5.74, 6) is -1.08. The summed E-state index contributed by atoms with van der Waals surface area (Å²) in [7, 11) is 1.26. The van der Waals surface area contributed by atoms with E-state index in [9.17, 15) is 9.18 Å². The first-order valence-corrected chi connectivity index (χ1v) is 4.81. The summed E-state index contributed by atoms with van der Waals surface area (Å²) in [6, 6.07) is 5.67. The second-order valence-electron chi connectivity index (χ2n) is 3.35. The largest absolute Gasteiger partial charge is 0.464 e. The molecule has 0 unspecified atom stereocenters. The van der Waals surface area contributed by atoms with Crippen LogP contribution in [0.1, 0.15) is 10.5 Å². The third-order valence-electron chi connectivity index (χ3n) is 2.20. The molecule has 17 heavy (non-hydrogen) atoms. The van der Waals surface area contributed by atoms with E-state index in [1.807, 2.05) is 0 Å². The Bertz CT molecular complexity index is 566. The zero-order valence-electron chi connectivity index (χ0n) is 9.05. The first-order chi connectivity index (χ1) is 8.11. The zero-order chi connectivity index (χ0) is 12.4. The van der Waals surface area contributed by atoms with E-state index in [1.54, 1.807) is 6.07 Å². The Kier molecular flexibility index (Phi) is 2.78. The Balaban J connectivity index is 2.40. The van der Waals surface area contributed by atoms with Crippen LogP contribution in [0.15, 0.2) is 30.5 Å². The molecule has 0 aliphatic carbocycles. The Hall–Kier alpha value is -2.37. The number of methoxy groups -OCH3 is 1. The van der Waals surface area contributed by atoms with E-state index in [-0.39, 0.29) is 11.4 Å². The van der Waals surface area contributed by atoms with Crippen molar-refractivity contribution in [1.29, 1.82) is 0 Å². The molecule has 88 valence electrons. The minimum absolute atomic E-state index is 0.115. The number of benzene rings is 1. The maximum Gasteiger partial charge on any atom is 0.358 e. The topological polar surface area (TPSA) is 70.1 Å². The van der Waals surface area contributed by atoms with Crippen molar-refractivity contribution in [3.8, 4) is 5.69 Å². The maximum absolute atomic E-state index is 13.6. The molecule has 0 aliphatic rings. The molecule has 5 nitrogen and oxygen atoms in total. The summed E-state index contributed by atoms with van der Waals surface area (Å²) in [6.45, 7) is 0. The lowest BCUT2D eigenvalue weighted by molar-refractivity contribution is 0.0593. The van der Waals surface area contributed by atoms with Crippen molar-refractivity contribution >= 4 is 11.7 Å². The number of halogens is 1. The summed E-state index contributed by atoms with van der Waals surface area (Å²) in [5.41, 5.74) is 6.09. The van der Waals surface area contributed by atoms with Crippen LogP contribution >= 0.6 is 0 Å². The Morgan fingerprint density at radius 3 is 2.88 bits per heavy atom. The fourth-order valence-electron chi connectivity index (χ4n) is 1.38. The van der Waals surface area contributed by atoms with Crippen LogP contribution in [-0.2, 0) is 4.74 Å². The first-order valence-electron chi connectivity index (χ1n) is 4.81.